The summed E-state index contributed by atoms with van der Waals surface area (Å²) in [7, 11) is 1.51. The van der Waals surface area contributed by atoms with E-state index in [0.717, 1.165) is 23.2 Å². The van der Waals surface area contributed by atoms with Crippen molar-refractivity contribution in [1.29, 1.82) is 0 Å². The Hall–Kier alpha value is -2.37. The first-order valence-corrected chi connectivity index (χ1v) is 7.28. The molecule has 2 amide bonds. The molecular weight excluding hydrogens is 284 g/mol. The van der Waals surface area contributed by atoms with Crippen molar-refractivity contribution in [1.82, 2.24) is 4.90 Å². The molecule has 1 unspecified atom stereocenters. The average Bonchev–Trinajstić information content (AvgIpc) is 2.84. The molecule has 1 aromatic carbocycles. The van der Waals surface area contributed by atoms with Gasteiger partial charge >= 0.3 is 5.97 Å². The lowest BCUT2D eigenvalue weighted by molar-refractivity contribution is -0.148. The van der Waals surface area contributed by atoms with E-state index in [1.165, 1.54) is 18.9 Å². The Morgan fingerprint density at radius 3 is 2.82 bits per heavy atom. The second-order valence-electron chi connectivity index (χ2n) is 5.59. The van der Waals surface area contributed by atoms with Crippen LogP contribution in [0.25, 0.3) is 0 Å². The number of likely N-dealkylation sites (N-methyl/N-ethyl adjacent to an activating group) is 1. The lowest BCUT2D eigenvalue weighted by atomic mass is 10.0. The number of anilines is 1. The Balaban J connectivity index is 1.84. The van der Waals surface area contributed by atoms with Crippen molar-refractivity contribution in [3.05, 3.63) is 29.3 Å². The van der Waals surface area contributed by atoms with E-state index in [1.807, 2.05) is 18.2 Å². The second-order valence-corrected chi connectivity index (χ2v) is 5.59. The Bertz CT molecular complexity index is 612. The summed E-state index contributed by atoms with van der Waals surface area (Å²) in [4.78, 5) is 35.3. The number of amides is 2. The minimum Gasteiger partial charge on any atom is -0.480 e. The van der Waals surface area contributed by atoms with Crippen LogP contribution in [0, 0.1) is 0 Å². The average molecular weight is 304 g/mol. The van der Waals surface area contributed by atoms with E-state index >= 15 is 0 Å². The van der Waals surface area contributed by atoms with Gasteiger partial charge in [0.05, 0.1) is 6.42 Å². The van der Waals surface area contributed by atoms with Crippen LogP contribution in [0.15, 0.2) is 18.2 Å². The van der Waals surface area contributed by atoms with Crippen LogP contribution in [-0.4, -0.2) is 40.9 Å². The van der Waals surface area contributed by atoms with Gasteiger partial charge < -0.3 is 15.3 Å². The van der Waals surface area contributed by atoms with E-state index in [2.05, 4.69) is 5.32 Å². The van der Waals surface area contributed by atoms with Crippen LogP contribution in [0.3, 0.4) is 0 Å². The standard InChI is InChI=1S/C16H20N2O4/c1-10(16(21)22)18(2)15(20)5-3-4-11-6-7-13-12(8-11)9-14(19)17-13/h6-8,10H,3-5,9H2,1-2H3,(H,17,19)(H,21,22). The van der Waals surface area contributed by atoms with Crippen LogP contribution in [0.2, 0.25) is 0 Å². The van der Waals surface area contributed by atoms with Crippen molar-refractivity contribution < 1.29 is 19.5 Å². The molecule has 1 aliphatic heterocycles. The van der Waals surface area contributed by atoms with Gasteiger partial charge in [-0.1, -0.05) is 12.1 Å². The van der Waals surface area contributed by atoms with Crippen molar-refractivity contribution in [2.45, 2.75) is 38.6 Å². The molecule has 1 heterocycles. The molecule has 0 saturated carbocycles. The summed E-state index contributed by atoms with van der Waals surface area (Å²) >= 11 is 0. The molecule has 6 nitrogen and oxygen atoms in total. The number of carbonyl (C=O) groups is 3. The van der Waals surface area contributed by atoms with Gasteiger partial charge in [-0.3, -0.25) is 9.59 Å². The van der Waals surface area contributed by atoms with Crippen LogP contribution in [0.4, 0.5) is 5.69 Å². The first-order chi connectivity index (χ1) is 10.4. The van der Waals surface area contributed by atoms with E-state index in [9.17, 15) is 14.4 Å². The molecule has 0 bridgehead atoms. The molecule has 0 radical (unpaired) electrons. The molecule has 0 aromatic heterocycles. The largest absolute Gasteiger partial charge is 0.480 e. The molecule has 0 fully saturated rings. The molecule has 1 aliphatic rings. The third kappa shape index (κ3) is 3.63. The summed E-state index contributed by atoms with van der Waals surface area (Å²) in [6, 6.07) is 5.00. The monoisotopic (exact) mass is 304 g/mol. The van der Waals surface area contributed by atoms with Crippen LogP contribution in [0.5, 0.6) is 0 Å². The van der Waals surface area contributed by atoms with Crippen molar-refractivity contribution in [2.24, 2.45) is 0 Å². The molecule has 118 valence electrons. The number of rotatable bonds is 6. The van der Waals surface area contributed by atoms with Gasteiger partial charge in [-0.15, -0.1) is 0 Å². The molecule has 2 rings (SSSR count). The summed E-state index contributed by atoms with van der Waals surface area (Å²) in [5.74, 6) is -1.17. The topological polar surface area (TPSA) is 86.7 Å². The quantitative estimate of drug-likeness (QED) is 0.832. The highest BCUT2D eigenvalue weighted by atomic mass is 16.4. The maximum Gasteiger partial charge on any atom is 0.326 e. The summed E-state index contributed by atoms with van der Waals surface area (Å²) in [6.45, 7) is 1.49. The highest BCUT2D eigenvalue weighted by Gasteiger charge is 2.21. The second kappa shape index (κ2) is 6.60. The maximum absolute atomic E-state index is 11.9. The van der Waals surface area contributed by atoms with Crippen LogP contribution < -0.4 is 5.32 Å². The van der Waals surface area contributed by atoms with E-state index in [-0.39, 0.29) is 11.8 Å². The van der Waals surface area contributed by atoms with Gasteiger partial charge in [0.25, 0.3) is 0 Å². The number of nitrogens with zero attached hydrogens (tertiary/aromatic N) is 1. The normalized spacial score (nSPS) is 14.2. The number of aryl methyl sites for hydroxylation is 1. The van der Waals surface area contributed by atoms with E-state index in [4.69, 9.17) is 5.11 Å². The SMILES string of the molecule is CC(C(=O)O)N(C)C(=O)CCCc1ccc2c(c1)CC(=O)N2. The van der Waals surface area contributed by atoms with Crippen molar-refractivity contribution in [3.63, 3.8) is 0 Å². The van der Waals surface area contributed by atoms with Crippen LogP contribution >= 0.6 is 0 Å². The zero-order valence-corrected chi connectivity index (χ0v) is 12.8. The highest BCUT2D eigenvalue weighted by Crippen LogP contribution is 2.24. The fourth-order valence-corrected chi connectivity index (χ4v) is 2.44. The zero-order chi connectivity index (χ0) is 16.3. The third-order valence-electron chi connectivity index (χ3n) is 3.98. The van der Waals surface area contributed by atoms with Crippen LogP contribution in [-0.2, 0) is 27.2 Å². The summed E-state index contributed by atoms with van der Waals surface area (Å²) in [5, 5.41) is 11.7. The zero-order valence-electron chi connectivity index (χ0n) is 12.8. The molecule has 0 saturated heterocycles. The fraction of sp³-hybridized carbons (Fsp3) is 0.438. The number of aliphatic carboxylic acids is 1. The Morgan fingerprint density at radius 2 is 2.14 bits per heavy atom. The van der Waals surface area contributed by atoms with Gasteiger partial charge in [0.1, 0.15) is 6.04 Å². The molecule has 2 N–H and O–H groups in total. The predicted octanol–water partition coefficient (Wildman–Crippen LogP) is 1.44. The predicted molar refractivity (Wildman–Crippen MR) is 81.6 cm³/mol. The molecule has 1 atom stereocenters. The third-order valence-corrected chi connectivity index (χ3v) is 3.98. The Labute approximate surface area is 129 Å². The van der Waals surface area contributed by atoms with Gasteiger partial charge in [-0.2, -0.15) is 0 Å². The van der Waals surface area contributed by atoms with Gasteiger partial charge in [0.15, 0.2) is 0 Å². The molecular formula is C16H20N2O4. The van der Waals surface area contributed by atoms with Crippen molar-refractivity contribution >= 4 is 23.5 Å². The van der Waals surface area contributed by atoms with Gasteiger partial charge in [-0.25, -0.2) is 4.79 Å². The number of hydrogen-bond acceptors (Lipinski definition) is 3. The first-order valence-electron chi connectivity index (χ1n) is 7.28. The molecule has 0 spiro atoms. The fourth-order valence-electron chi connectivity index (χ4n) is 2.44. The molecule has 1 aromatic rings. The number of fused-ring (bicyclic) bond motifs is 1. The van der Waals surface area contributed by atoms with Crippen LogP contribution in [0.1, 0.15) is 30.9 Å². The molecule has 6 heteroatoms. The lowest BCUT2D eigenvalue weighted by Gasteiger charge is -2.21. The number of hydrogen-bond donors (Lipinski definition) is 2. The van der Waals surface area contributed by atoms with E-state index in [0.29, 0.717) is 19.3 Å². The van der Waals surface area contributed by atoms with Gasteiger partial charge in [0.2, 0.25) is 11.8 Å². The summed E-state index contributed by atoms with van der Waals surface area (Å²) in [5.41, 5.74) is 2.93. The number of carboxylic acids is 1. The van der Waals surface area contributed by atoms with Crippen molar-refractivity contribution in [3.8, 4) is 0 Å². The summed E-state index contributed by atoms with van der Waals surface area (Å²) in [6.07, 6.45) is 2.08. The maximum atomic E-state index is 11.9. The molecule has 22 heavy (non-hydrogen) atoms. The smallest absolute Gasteiger partial charge is 0.326 e. The number of carboxylic acid groups (broad SMARTS) is 1. The lowest BCUT2D eigenvalue weighted by Crippen LogP contribution is -2.40. The van der Waals surface area contributed by atoms with E-state index in [1.54, 1.807) is 0 Å². The van der Waals surface area contributed by atoms with E-state index < -0.39 is 12.0 Å². The Morgan fingerprint density at radius 1 is 1.41 bits per heavy atom. The number of carbonyl (C=O) groups excluding carboxylic acids is 2. The summed E-state index contributed by atoms with van der Waals surface area (Å²) < 4.78 is 0. The number of nitrogens with one attached hydrogen (secondary N) is 1. The minimum atomic E-state index is -1.01. The highest BCUT2D eigenvalue weighted by molar-refractivity contribution is 5.99. The Kier molecular flexibility index (Phi) is 4.80. The van der Waals surface area contributed by atoms with Gasteiger partial charge in [-0.05, 0) is 37.0 Å². The molecule has 0 aliphatic carbocycles. The first kappa shape index (κ1) is 16.0. The van der Waals surface area contributed by atoms with Gasteiger partial charge in [0, 0.05) is 19.2 Å². The van der Waals surface area contributed by atoms with Crippen molar-refractivity contribution in [2.75, 3.05) is 12.4 Å². The number of benzene rings is 1. The minimum absolute atomic E-state index is 0.00612.